The standard InChI is InChI=1S/C18H17ClO8/c1-2-24-15(22)6-11(17-16(23)13(21)5-10(7-20)27-17)9-3-12(19)18-14(4-9)25-8-26-18/h3-5,11,20,23H,2,6-8H2,1H3/t11-/m0/s1. The van der Waals surface area contributed by atoms with E-state index in [-0.39, 0.29) is 36.4 Å². The van der Waals surface area contributed by atoms with Crippen LogP contribution in [0.15, 0.2) is 27.4 Å². The van der Waals surface area contributed by atoms with Crippen molar-refractivity contribution in [1.82, 2.24) is 0 Å². The van der Waals surface area contributed by atoms with Crippen LogP contribution in [0.3, 0.4) is 0 Å². The van der Waals surface area contributed by atoms with Crippen LogP contribution in [0.1, 0.15) is 36.3 Å². The second kappa shape index (κ2) is 7.89. The summed E-state index contributed by atoms with van der Waals surface area (Å²) < 4.78 is 21.1. The van der Waals surface area contributed by atoms with Gasteiger partial charge >= 0.3 is 5.97 Å². The van der Waals surface area contributed by atoms with Crippen molar-refractivity contribution >= 4 is 17.6 Å². The molecule has 0 spiro atoms. The first-order valence-electron chi connectivity index (χ1n) is 8.16. The number of halogens is 1. The minimum atomic E-state index is -0.893. The monoisotopic (exact) mass is 396 g/mol. The fraction of sp³-hybridized carbons (Fsp3) is 0.333. The summed E-state index contributed by atoms with van der Waals surface area (Å²) in [5.41, 5.74) is -0.285. The number of aliphatic hydroxyl groups is 1. The number of aromatic hydroxyl groups is 1. The third-order valence-corrected chi connectivity index (χ3v) is 4.28. The molecule has 27 heavy (non-hydrogen) atoms. The average molecular weight is 397 g/mol. The molecule has 3 rings (SSSR count). The molecular formula is C18H17ClO8. The summed E-state index contributed by atoms with van der Waals surface area (Å²) in [7, 11) is 0. The Morgan fingerprint density at radius 1 is 1.33 bits per heavy atom. The van der Waals surface area contributed by atoms with E-state index in [9.17, 15) is 19.8 Å². The maximum absolute atomic E-state index is 12.1. The summed E-state index contributed by atoms with van der Waals surface area (Å²) in [5, 5.41) is 19.8. The number of esters is 1. The Morgan fingerprint density at radius 3 is 2.81 bits per heavy atom. The van der Waals surface area contributed by atoms with E-state index in [4.69, 9.17) is 30.2 Å². The number of ether oxygens (including phenoxy) is 3. The largest absolute Gasteiger partial charge is 0.502 e. The first-order valence-corrected chi connectivity index (χ1v) is 8.53. The van der Waals surface area contributed by atoms with E-state index in [0.29, 0.717) is 17.1 Å². The summed E-state index contributed by atoms with van der Waals surface area (Å²) in [6.45, 7) is 1.28. The highest BCUT2D eigenvalue weighted by molar-refractivity contribution is 6.32. The fourth-order valence-electron chi connectivity index (χ4n) is 2.81. The lowest BCUT2D eigenvalue weighted by atomic mass is 9.91. The van der Waals surface area contributed by atoms with Gasteiger partial charge in [0.25, 0.3) is 0 Å². The van der Waals surface area contributed by atoms with Gasteiger partial charge in [-0.3, -0.25) is 9.59 Å². The zero-order chi connectivity index (χ0) is 19.6. The molecule has 1 aromatic carbocycles. The van der Waals surface area contributed by atoms with Gasteiger partial charge < -0.3 is 28.8 Å². The topological polar surface area (TPSA) is 115 Å². The molecule has 0 saturated heterocycles. The number of fused-ring (bicyclic) bond motifs is 1. The Morgan fingerprint density at radius 2 is 2.11 bits per heavy atom. The molecule has 0 unspecified atom stereocenters. The third kappa shape index (κ3) is 3.86. The Labute approximate surface area is 158 Å². The van der Waals surface area contributed by atoms with Crippen LogP contribution in [-0.2, 0) is 16.1 Å². The molecule has 0 fully saturated rings. The second-order valence-electron chi connectivity index (χ2n) is 5.75. The van der Waals surface area contributed by atoms with Crippen molar-refractivity contribution in [2.75, 3.05) is 13.4 Å². The molecule has 1 atom stereocenters. The highest BCUT2D eigenvalue weighted by Gasteiger charge is 2.29. The van der Waals surface area contributed by atoms with Crippen LogP contribution in [0.25, 0.3) is 0 Å². The van der Waals surface area contributed by atoms with Crippen molar-refractivity contribution in [2.24, 2.45) is 0 Å². The Hall–Kier alpha value is -2.71. The molecule has 0 radical (unpaired) electrons. The van der Waals surface area contributed by atoms with Crippen LogP contribution < -0.4 is 14.9 Å². The molecule has 9 heteroatoms. The summed E-state index contributed by atoms with van der Waals surface area (Å²) in [6.07, 6.45) is -0.227. The fourth-order valence-corrected chi connectivity index (χ4v) is 3.08. The average Bonchev–Trinajstić information content (AvgIpc) is 3.11. The van der Waals surface area contributed by atoms with E-state index in [1.54, 1.807) is 13.0 Å². The maximum atomic E-state index is 12.1. The minimum absolute atomic E-state index is 0.00137. The number of carbonyl (C=O) groups is 1. The number of hydrogen-bond acceptors (Lipinski definition) is 8. The van der Waals surface area contributed by atoms with Gasteiger partial charge in [0.2, 0.25) is 18.0 Å². The van der Waals surface area contributed by atoms with Crippen molar-refractivity contribution in [3.8, 4) is 17.2 Å². The molecule has 144 valence electrons. The van der Waals surface area contributed by atoms with Crippen molar-refractivity contribution in [2.45, 2.75) is 25.9 Å². The smallest absolute Gasteiger partial charge is 0.306 e. The van der Waals surface area contributed by atoms with Crippen LogP contribution in [0, 0.1) is 0 Å². The molecule has 0 aliphatic carbocycles. The van der Waals surface area contributed by atoms with Crippen LogP contribution >= 0.6 is 11.6 Å². The van der Waals surface area contributed by atoms with Crippen LogP contribution in [-0.4, -0.2) is 29.6 Å². The summed E-state index contributed by atoms with van der Waals surface area (Å²) >= 11 is 6.22. The lowest BCUT2D eigenvalue weighted by Crippen LogP contribution is -2.15. The molecule has 2 aromatic rings. The molecule has 8 nitrogen and oxygen atoms in total. The molecule has 1 aliphatic heterocycles. The Bertz CT molecular complexity index is 920. The third-order valence-electron chi connectivity index (χ3n) is 4.00. The summed E-state index contributed by atoms with van der Waals surface area (Å²) in [4.78, 5) is 24.1. The van der Waals surface area contributed by atoms with Gasteiger partial charge in [0, 0.05) is 6.07 Å². The zero-order valence-corrected chi connectivity index (χ0v) is 15.1. The van der Waals surface area contributed by atoms with Crippen molar-refractivity contribution in [3.63, 3.8) is 0 Å². The van der Waals surface area contributed by atoms with E-state index in [1.165, 1.54) is 6.07 Å². The summed E-state index contributed by atoms with van der Waals surface area (Å²) in [5.74, 6) is -1.60. The first-order chi connectivity index (χ1) is 12.9. The molecule has 0 saturated carbocycles. The van der Waals surface area contributed by atoms with Crippen LogP contribution in [0.2, 0.25) is 5.02 Å². The molecule has 1 aliphatic rings. The van der Waals surface area contributed by atoms with E-state index in [0.717, 1.165) is 6.07 Å². The summed E-state index contributed by atoms with van der Waals surface area (Å²) in [6, 6.07) is 4.10. The van der Waals surface area contributed by atoms with E-state index < -0.39 is 29.7 Å². The predicted molar refractivity (Wildman–Crippen MR) is 93.2 cm³/mol. The minimum Gasteiger partial charge on any atom is -0.502 e. The number of rotatable bonds is 6. The number of hydrogen-bond donors (Lipinski definition) is 2. The highest BCUT2D eigenvalue weighted by atomic mass is 35.5. The first kappa shape index (κ1) is 19.1. The number of carbonyl (C=O) groups excluding carboxylic acids is 1. The SMILES string of the molecule is CCOC(=O)C[C@@H](c1cc(Cl)c2c(c1)OCO2)c1oc(CO)cc(=O)c1O. The van der Waals surface area contributed by atoms with Crippen molar-refractivity contribution in [1.29, 1.82) is 0 Å². The van der Waals surface area contributed by atoms with E-state index in [1.807, 2.05) is 0 Å². The molecular weight excluding hydrogens is 380 g/mol. The predicted octanol–water partition coefficient (Wildman–Crippen LogP) is 2.30. The number of benzene rings is 1. The molecule has 0 bridgehead atoms. The Balaban J connectivity index is 2.13. The number of aliphatic hydroxyl groups excluding tert-OH is 1. The van der Waals surface area contributed by atoms with Gasteiger partial charge in [0.1, 0.15) is 12.4 Å². The van der Waals surface area contributed by atoms with Gasteiger partial charge in [-0.25, -0.2) is 0 Å². The normalized spacial score (nSPS) is 13.4. The van der Waals surface area contributed by atoms with Gasteiger partial charge in [-0.1, -0.05) is 11.6 Å². The quantitative estimate of drug-likeness (QED) is 0.714. The molecule has 2 N–H and O–H groups in total. The van der Waals surface area contributed by atoms with E-state index >= 15 is 0 Å². The molecule has 1 aromatic heterocycles. The van der Waals surface area contributed by atoms with Crippen molar-refractivity contribution in [3.05, 3.63) is 50.5 Å². The van der Waals surface area contributed by atoms with Crippen molar-refractivity contribution < 1.29 is 33.6 Å². The van der Waals surface area contributed by atoms with Gasteiger partial charge in [0.05, 0.1) is 24.0 Å². The highest BCUT2D eigenvalue weighted by Crippen LogP contribution is 2.44. The van der Waals surface area contributed by atoms with Crippen LogP contribution in [0.4, 0.5) is 0 Å². The van der Waals surface area contributed by atoms with Gasteiger partial charge in [-0.05, 0) is 24.6 Å². The lowest BCUT2D eigenvalue weighted by Gasteiger charge is -2.18. The molecule has 2 heterocycles. The zero-order valence-electron chi connectivity index (χ0n) is 14.4. The lowest BCUT2D eigenvalue weighted by molar-refractivity contribution is -0.143. The van der Waals surface area contributed by atoms with Gasteiger partial charge in [-0.2, -0.15) is 0 Å². The van der Waals surface area contributed by atoms with Crippen LogP contribution in [0.5, 0.6) is 17.2 Å². The van der Waals surface area contributed by atoms with E-state index in [2.05, 4.69) is 0 Å². The maximum Gasteiger partial charge on any atom is 0.306 e. The Kier molecular flexibility index (Phi) is 5.57. The van der Waals surface area contributed by atoms with Gasteiger partial charge in [-0.15, -0.1) is 0 Å². The second-order valence-corrected chi connectivity index (χ2v) is 6.15. The molecule has 0 amide bonds. The van der Waals surface area contributed by atoms with Gasteiger partial charge in [0.15, 0.2) is 17.3 Å².